The van der Waals surface area contributed by atoms with E-state index in [0.717, 1.165) is 51.2 Å². The van der Waals surface area contributed by atoms with E-state index in [2.05, 4.69) is 13.8 Å². The zero-order valence-corrected chi connectivity index (χ0v) is 20.6. The van der Waals surface area contributed by atoms with Crippen LogP contribution in [0.2, 0.25) is 0 Å². The Morgan fingerprint density at radius 2 is 1.57 bits per heavy atom. The number of aliphatic carboxylic acids is 1. The fourth-order valence-electron chi connectivity index (χ4n) is 2.85. The summed E-state index contributed by atoms with van der Waals surface area (Å²) in [6.07, 6.45) is 8.22. The summed E-state index contributed by atoms with van der Waals surface area (Å²) in [4.78, 5) is 20.9. The fourth-order valence-corrected chi connectivity index (χ4v) is 3.59. The number of carboxylic acids is 1. The summed E-state index contributed by atoms with van der Waals surface area (Å²) >= 11 is 0. The number of quaternary nitrogens is 1. The lowest BCUT2D eigenvalue weighted by molar-refractivity contribution is -0.873. The molecular weight excluding hydrogens is 409 g/mol. The average Bonchev–Trinajstić information content (AvgIpc) is 2.60. The van der Waals surface area contributed by atoms with E-state index in [9.17, 15) is 9.69 Å². The third-order valence-electron chi connectivity index (χ3n) is 4.73. The maximum absolute atomic E-state index is 11.0. The van der Waals surface area contributed by atoms with Crippen molar-refractivity contribution in [2.45, 2.75) is 77.7 Å². The van der Waals surface area contributed by atoms with Gasteiger partial charge < -0.3 is 33.7 Å². The quantitative estimate of drug-likeness (QED) is 0.159. The third-order valence-corrected chi connectivity index (χ3v) is 5.61. The maximum Gasteiger partial charge on any atom is 0.330 e. The predicted molar refractivity (Wildman–Crippen MR) is 120 cm³/mol. The van der Waals surface area contributed by atoms with Gasteiger partial charge in [-0.2, -0.15) is 0 Å². The van der Waals surface area contributed by atoms with Gasteiger partial charge in [0.1, 0.15) is 12.6 Å². The van der Waals surface area contributed by atoms with Crippen LogP contribution in [0.4, 0.5) is 0 Å². The van der Waals surface area contributed by atoms with E-state index < -0.39 is 20.7 Å². The van der Waals surface area contributed by atoms with Crippen LogP contribution in [0.1, 0.15) is 71.6 Å². The summed E-state index contributed by atoms with van der Waals surface area (Å²) in [5.41, 5.74) is 0. The molecule has 0 aromatic rings. The Hall–Kier alpha value is -0.340. The number of nitrogens with zero attached hydrogens (tertiary/aromatic N) is 1. The molecule has 0 saturated carbocycles. The molecule has 8 nitrogen and oxygen atoms in total. The third kappa shape index (κ3) is 22.3. The molecule has 0 aliphatic rings. The maximum atomic E-state index is 11.0. The standard InChI is InChI=1S/C21H44NO6P.H2O/c1-6-19(2)13-16-26-14-11-9-7-8-10-12-15-27-29(25)28-20(17-21(23)24)18-22(3,4)5;/h19-20,25H,6-18H2,1-5H3;1H2/t19?,20-,29?;/m1./s1. The molecule has 0 rings (SSSR count). The minimum absolute atomic E-state index is 0. The van der Waals surface area contributed by atoms with Gasteiger partial charge in [0, 0.05) is 13.2 Å². The highest BCUT2D eigenvalue weighted by atomic mass is 31.2. The fraction of sp³-hybridized carbons (Fsp3) is 0.952. The lowest BCUT2D eigenvalue weighted by Gasteiger charge is -2.29. The smallest absolute Gasteiger partial charge is 0.330 e. The highest BCUT2D eigenvalue weighted by Crippen LogP contribution is 2.36. The molecule has 3 N–H and O–H groups in total. The van der Waals surface area contributed by atoms with E-state index in [0.29, 0.717) is 17.6 Å². The van der Waals surface area contributed by atoms with Crippen molar-refractivity contribution in [3.05, 3.63) is 0 Å². The Kier molecular flexibility index (Phi) is 20.5. The highest BCUT2D eigenvalue weighted by Gasteiger charge is 2.25. The molecule has 2 unspecified atom stereocenters. The summed E-state index contributed by atoms with van der Waals surface area (Å²) in [7, 11) is 3.83. The second kappa shape index (κ2) is 19.4. The Balaban J connectivity index is 0. The molecule has 0 saturated heterocycles. The first-order valence-electron chi connectivity index (χ1n) is 11.0. The molecule has 0 bridgehead atoms. The van der Waals surface area contributed by atoms with Crippen molar-refractivity contribution in [2.75, 3.05) is 47.5 Å². The van der Waals surface area contributed by atoms with Crippen molar-refractivity contribution in [2.24, 2.45) is 5.92 Å². The molecule has 0 spiro atoms. The molecule has 0 amide bonds. The van der Waals surface area contributed by atoms with Crippen LogP contribution < -0.4 is 0 Å². The van der Waals surface area contributed by atoms with Crippen LogP contribution in [-0.2, 0) is 18.6 Å². The predicted octanol–water partition coefficient (Wildman–Crippen LogP) is 4.40. The number of hydrogen-bond acceptors (Lipinski definition) is 6. The van der Waals surface area contributed by atoms with E-state index in [-0.39, 0.29) is 11.9 Å². The van der Waals surface area contributed by atoms with Gasteiger partial charge in [-0.3, -0.25) is 4.79 Å². The zero-order chi connectivity index (χ0) is 22.1. The Labute approximate surface area is 184 Å². The number of unbranched alkanes of at least 4 members (excludes halogenated alkanes) is 5. The topological polar surface area (TPSA) is 115 Å². The van der Waals surface area contributed by atoms with Crippen molar-refractivity contribution in [3.8, 4) is 0 Å². The average molecular weight is 456 g/mol. The van der Waals surface area contributed by atoms with Crippen molar-refractivity contribution in [1.29, 1.82) is 0 Å². The van der Waals surface area contributed by atoms with Crippen molar-refractivity contribution in [3.63, 3.8) is 0 Å². The first kappa shape index (κ1) is 31.8. The summed E-state index contributed by atoms with van der Waals surface area (Å²) in [6.45, 7) is 7.14. The molecule has 0 fully saturated rings. The first-order chi connectivity index (χ1) is 13.6. The Morgan fingerprint density at radius 1 is 1.00 bits per heavy atom. The van der Waals surface area contributed by atoms with Gasteiger partial charge in [-0.05, 0) is 25.2 Å². The molecule has 3 atom stereocenters. The molecule has 182 valence electrons. The van der Waals surface area contributed by atoms with Crippen molar-refractivity contribution < 1.29 is 38.5 Å². The normalized spacial score (nSPS) is 14.7. The van der Waals surface area contributed by atoms with Crippen LogP contribution in [0.5, 0.6) is 0 Å². The van der Waals surface area contributed by atoms with E-state index in [4.69, 9.17) is 18.9 Å². The molecule has 0 aromatic heterocycles. The molecule has 0 heterocycles. The monoisotopic (exact) mass is 455 g/mol. The van der Waals surface area contributed by atoms with Crippen molar-refractivity contribution >= 4 is 14.6 Å². The molecule has 30 heavy (non-hydrogen) atoms. The Morgan fingerprint density at radius 3 is 2.10 bits per heavy atom. The summed E-state index contributed by atoms with van der Waals surface area (Å²) in [5.74, 6) is -0.184. The molecule has 0 aliphatic carbocycles. The van der Waals surface area contributed by atoms with Gasteiger partial charge in [-0.25, -0.2) is 0 Å². The van der Waals surface area contributed by atoms with E-state index >= 15 is 0 Å². The van der Waals surface area contributed by atoms with Gasteiger partial charge in [0.15, 0.2) is 0 Å². The van der Waals surface area contributed by atoms with Crippen LogP contribution in [0.3, 0.4) is 0 Å². The number of carboxylic acid groups (broad SMARTS) is 1. The van der Waals surface area contributed by atoms with E-state index in [1.54, 1.807) is 0 Å². The summed E-state index contributed by atoms with van der Waals surface area (Å²) in [5, 5.41) is 8.99. The minimum atomic E-state index is -2.04. The van der Waals surface area contributed by atoms with Gasteiger partial charge in [-0.1, -0.05) is 46.0 Å². The lowest BCUT2D eigenvalue weighted by atomic mass is 10.1. The summed E-state index contributed by atoms with van der Waals surface area (Å²) < 4.78 is 17.0. The van der Waals surface area contributed by atoms with Gasteiger partial charge in [0.05, 0.1) is 34.2 Å². The first-order valence-corrected chi connectivity index (χ1v) is 12.2. The van der Waals surface area contributed by atoms with Gasteiger partial charge in [0.25, 0.3) is 0 Å². The highest BCUT2D eigenvalue weighted by molar-refractivity contribution is 7.40. The molecule has 0 aromatic carbocycles. The number of rotatable bonds is 20. The Bertz CT molecular complexity index is 407. The second-order valence-electron chi connectivity index (χ2n) is 8.91. The molecular formula is C21H46NO7P. The largest absolute Gasteiger partial charge is 0.870 e. The molecule has 0 aliphatic heterocycles. The van der Waals surface area contributed by atoms with Gasteiger partial charge in [0.2, 0.25) is 0 Å². The lowest BCUT2D eigenvalue weighted by Crippen LogP contribution is -2.42. The molecule has 0 radical (unpaired) electrons. The minimum Gasteiger partial charge on any atom is -0.870 e. The van der Waals surface area contributed by atoms with Gasteiger partial charge >= 0.3 is 14.6 Å². The molecule has 9 heteroatoms. The zero-order valence-electron chi connectivity index (χ0n) is 19.7. The van der Waals surface area contributed by atoms with E-state index in [1.165, 1.54) is 19.3 Å². The van der Waals surface area contributed by atoms with Crippen LogP contribution in [-0.4, -0.2) is 79.5 Å². The summed E-state index contributed by atoms with van der Waals surface area (Å²) in [6, 6.07) is 0. The number of hydrogen-bond donors (Lipinski definition) is 2. The van der Waals surface area contributed by atoms with Crippen LogP contribution in [0.25, 0.3) is 0 Å². The number of ether oxygens (including phenoxy) is 1. The van der Waals surface area contributed by atoms with Crippen LogP contribution >= 0.6 is 8.60 Å². The van der Waals surface area contributed by atoms with Crippen molar-refractivity contribution in [1.82, 2.24) is 0 Å². The second-order valence-corrected chi connectivity index (χ2v) is 9.85. The SMILES string of the molecule is CCC(C)CCOCCCCCCCCOP(O)O[C@H](CC(=O)O)C[N+](C)(C)C.[OH-]. The number of likely N-dealkylation sites (N-methyl/N-ethyl adjacent to an activating group) is 1. The van der Waals surface area contributed by atoms with E-state index in [1.807, 2.05) is 21.1 Å². The van der Waals surface area contributed by atoms with Gasteiger partial charge in [-0.15, -0.1) is 0 Å². The van der Waals surface area contributed by atoms with Crippen LogP contribution in [0.15, 0.2) is 0 Å². The number of carbonyl (C=O) groups is 1. The van der Waals surface area contributed by atoms with Crippen LogP contribution in [0, 0.1) is 5.92 Å².